The fourth-order valence-corrected chi connectivity index (χ4v) is 4.45. The van der Waals surface area contributed by atoms with E-state index >= 15 is 0 Å². The largest absolute Gasteiger partial charge is 0.672 e. The van der Waals surface area contributed by atoms with Gasteiger partial charge in [-0.3, -0.25) is 0 Å². The van der Waals surface area contributed by atoms with E-state index < -0.39 is 0 Å². The predicted molar refractivity (Wildman–Crippen MR) is 153 cm³/mol. The van der Waals surface area contributed by atoms with Crippen LogP contribution in [0.2, 0.25) is 0 Å². The van der Waals surface area contributed by atoms with Gasteiger partial charge in [0.2, 0.25) is 0 Å². The number of aryl methyl sites for hydroxylation is 3. The van der Waals surface area contributed by atoms with Crippen LogP contribution in [0.15, 0.2) is 90.5 Å². The van der Waals surface area contributed by atoms with Crippen molar-refractivity contribution in [2.75, 3.05) is 0 Å². The maximum Gasteiger partial charge on any atom is 0.0745 e. The summed E-state index contributed by atoms with van der Waals surface area (Å²) in [6, 6.07) is 26.6. The van der Waals surface area contributed by atoms with Crippen molar-refractivity contribution >= 4 is 11.3 Å². The quantitative estimate of drug-likeness (QED) is 0.164. The number of hydrogen-bond donors (Lipinski definition) is 0. The Hall–Kier alpha value is -2.54. The Labute approximate surface area is 239 Å². The molecular formula is C34H38HfN-3. The zero-order valence-corrected chi connectivity index (χ0v) is 26.0. The molecule has 1 aliphatic carbocycles. The summed E-state index contributed by atoms with van der Waals surface area (Å²) in [5.74, 6) is 0. The van der Waals surface area contributed by atoms with Crippen molar-refractivity contribution in [3.8, 4) is 0 Å². The minimum absolute atomic E-state index is 0. The number of nitrogens with zero attached hydrogens (tertiary/aromatic N) is 1. The smallest absolute Gasteiger partial charge is 0.0745 e. The fourth-order valence-electron chi connectivity index (χ4n) is 4.45. The van der Waals surface area contributed by atoms with E-state index in [9.17, 15) is 0 Å². The Bertz CT molecular complexity index is 1150. The zero-order valence-electron chi connectivity index (χ0n) is 22.4. The first-order chi connectivity index (χ1) is 16.2. The third kappa shape index (κ3) is 7.48. The maximum atomic E-state index is 5.49. The molecule has 0 heterocycles. The molecule has 0 aliphatic heterocycles. The third-order valence-electron chi connectivity index (χ3n) is 6.09. The zero-order chi connectivity index (χ0) is 23.0. The van der Waals surface area contributed by atoms with Gasteiger partial charge in [0.25, 0.3) is 0 Å². The summed E-state index contributed by atoms with van der Waals surface area (Å²) in [4.78, 5) is 0. The van der Waals surface area contributed by atoms with E-state index in [1.807, 2.05) is 18.2 Å². The summed E-state index contributed by atoms with van der Waals surface area (Å²) in [5, 5.41) is 5.49. The van der Waals surface area contributed by atoms with E-state index in [2.05, 4.69) is 99.7 Å². The van der Waals surface area contributed by atoms with Crippen LogP contribution < -0.4 is 0 Å². The van der Waals surface area contributed by atoms with Crippen molar-refractivity contribution in [1.29, 1.82) is 0 Å². The summed E-state index contributed by atoms with van der Waals surface area (Å²) >= 11 is 0. The molecule has 0 amide bonds. The summed E-state index contributed by atoms with van der Waals surface area (Å²) in [6.07, 6.45) is 14.4. The molecule has 0 aromatic heterocycles. The average Bonchev–Trinajstić information content (AvgIpc) is 2.85. The van der Waals surface area contributed by atoms with E-state index in [1.54, 1.807) is 0 Å². The van der Waals surface area contributed by atoms with Gasteiger partial charge < -0.3 is 20.2 Å². The summed E-state index contributed by atoms with van der Waals surface area (Å²) < 4.78 is 0. The molecule has 36 heavy (non-hydrogen) atoms. The first kappa shape index (κ1) is 31.5. The third-order valence-corrected chi connectivity index (χ3v) is 6.09. The number of benzene rings is 3. The Morgan fingerprint density at radius 2 is 1.53 bits per heavy atom. The van der Waals surface area contributed by atoms with Gasteiger partial charge in [-0.25, -0.2) is 0 Å². The minimum atomic E-state index is -0.108. The molecule has 0 radical (unpaired) electrons. The van der Waals surface area contributed by atoms with E-state index in [0.29, 0.717) is 0 Å². The van der Waals surface area contributed by atoms with Gasteiger partial charge in [-0.1, -0.05) is 97.5 Å². The molecule has 0 saturated carbocycles. The van der Waals surface area contributed by atoms with Crippen LogP contribution in [-0.2, 0) is 38.7 Å². The van der Waals surface area contributed by atoms with Crippen LogP contribution >= 0.6 is 0 Å². The topological polar surface area (TPSA) is 14.1 Å². The molecule has 2 heteroatoms. The standard InChI is InChI=1S/C32H32N.2CH3.Hf/c1-4-13-26-18-11-19-27(14-5-2)31(26)33-32(30-22-10-9-15-24(30)3)29-21-12-20-28(23-29)25-16-7-6-8-17-25;;;/h6-12,15-16,18-22,32H,4-5,13-14H2,1-3H3;2*1H3;/q3*-1;. The molecule has 0 N–H and O–H groups in total. The molecule has 0 spiro atoms. The predicted octanol–water partition coefficient (Wildman–Crippen LogP) is 9.73. The first-order valence-electron chi connectivity index (χ1n) is 12.1. The van der Waals surface area contributed by atoms with Gasteiger partial charge in [-0.2, -0.15) is 0 Å². The van der Waals surface area contributed by atoms with Crippen molar-refractivity contribution in [3.63, 3.8) is 0 Å². The van der Waals surface area contributed by atoms with E-state index in [1.165, 1.54) is 27.9 Å². The van der Waals surface area contributed by atoms with Crippen LogP contribution in [0.25, 0.3) is 10.9 Å². The van der Waals surface area contributed by atoms with Gasteiger partial charge in [0, 0.05) is 38.0 Å². The summed E-state index contributed by atoms with van der Waals surface area (Å²) in [6.45, 7) is 6.66. The monoisotopic (exact) mass is 640 g/mol. The Morgan fingerprint density at radius 3 is 2.14 bits per heavy atom. The van der Waals surface area contributed by atoms with Gasteiger partial charge in [-0.05, 0) is 43.5 Å². The number of hydrogen-bond acceptors (Lipinski definition) is 0. The molecule has 3 aromatic rings. The van der Waals surface area contributed by atoms with Gasteiger partial charge in [0.1, 0.15) is 0 Å². The van der Waals surface area contributed by atoms with Crippen LogP contribution in [0.4, 0.5) is 5.69 Å². The van der Waals surface area contributed by atoms with Crippen LogP contribution in [0, 0.1) is 33.9 Å². The Balaban J connectivity index is 0.00000216. The van der Waals surface area contributed by atoms with Crippen LogP contribution in [0.1, 0.15) is 60.5 Å². The van der Waals surface area contributed by atoms with Crippen LogP contribution in [0.5, 0.6) is 0 Å². The van der Waals surface area contributed by atoms with E-state index in [-0.39, 0.29) is 46.7 Å². The second-order valence-corrected chi connectivity index (χ2v) is 8.61. The van der Waals surface area contributed by atoms with Gasteiger partial charge >= 0.3 is 0 Å². The molecular weight excluding hydrogens is 601 g/mol. The molecule has 4 rings (SSSR count). The number of allylic oxidation sites excluding steroid dienone is 4. The molecule has 3 aromatic carbocycles. The SMILES string of the molecule is CCCc1cccc(CCC)c1[N-]C(C1=CC=CC(c2[c-]cccc2)=[C+]1)c1ccccc1C.[CH3-].[CH3-].[Hf]. The van der Waals surface area contributed by atoms with Gasteiger partial charge in [0.05, 0.1) is 11.1 Å². The Morgan fingerprint density at radius 1 is 0.861 bits per heavy atom. The van der Waals surface area contributed by atoms with Crippen LogP contribution in [0.3, 0.4) is 0 Å². The van der Waals surface area contributed by atoms with E-state index in [0.717, 1.165) is 42.4 Å². The van der Waals surface area contributed by atoms with Crippen molar-refractivity contribution in [2.45, 2.75) is 52.5 Å². The van der Waals surface area contributed by atoms with Gasteiger partial charge in [0.15, 0.2) is 0 Å². The molecule has 1 aliphatic rings. The number of rotatable bonds is 9. The molecule has 0 fully saturated rings. The van der Waals surface area contributed by atoms with Crippen molar-refractivity contribution < 1.29 is 25.8 Å². The molecule has 1 atom stereocenters. The van der Waals surface area contributed by atoms with Crippen molar-refractivity contribution in [1.82, 2.24) is 0 Å². The normalized spacial score (nSPS) is 12.5. The maximum absolute atomic E-state index is 5.49. The molecule has 186 valence electrons. The molecule has 1 nitrogen and oxygen atoms in total. The average molecular weight is 639 g/mol. The molecule has 0 bridgehead atoms. The van der Waals surface area contributed by atoms with Gasteiger partial charge in [-0.15, -0.1) is 30.0 Å². The first-order valence-corrected chi connectivity index (χ1v) is 12.1. The minimum Gasteiger partial charge on any atom is -0.672 e. The van der Waals surface area contributed by atoms with Crippen molar-refractivity contribution in [2.24, 2.45) is 0 Å². The second-order valence-electron chi connectivity index (χ2n) is 8.61. The number of para-hydroxylation sites is 1. The molecule has 1 unspecified atom stereocenters. The molecule has 0 saturated heterocycles. The van der Waals surface area contributed by atoms with Crippen molar-refractivity contribution in [3.05, 3.63) is 151 Å². The Kier molecular flexibility index (Phi) is 13.6. The summed E-state index contributed by atoms with van der Waals surface area (Å²) in [5.41, 5.74) is 9.54. The fraction of sp³-hybridized carbons (Fsp3) is 0.235. The second kappa shape index (κ2) is 15.5. The van der Waals surface area contributed by atoms with Crippen LogP contribution in [-0.4, -0.2) is 0 Å². The van der Waals surface area contributed by atoms with E-state index in [4.69, 9.17) is 5.32 Å². The summed E-state index contributed by atoms with van der Waals surface area (Å²) in [7, 11) is 0.